The normalized spacial score (nSPS) is 15.8. The molecule has 0 unspecified atom stereocenters. The number of rotatable bonds is 0. The molecule has 0 aromatic heterocycles. The van der Waals surface area contributed by atoms with Gasteiger partial charge in [0.25, 0.3) is 0 Å². The van der Waals surface area contributed by atoms with Crippen LogP contribution in [-0.4, -0.2) is 0 Å². The smallest absolute Gasteiger partial charge is 0.0598 e. The summed E-state index contributed by atoms with van der Waals surface area (Å²) in [7, 11) is 0. The number of hydrogen-bond donors (Lipinski definition) is 0. The van der Waals surface area contributed by atoms with Crippen molar-refractivity contribution < 1.29 is 0 Å². The van der Waals surface area contributed by atoms with Crippen molar-refractivity contribution in [2.75, 3.05) is 0 Å². The van der Waals surface area contributed by atoms with Crippen LogP contribution in [0.3, 0.4) is 0 Å². The maximum absolute atomic E-state index is 6.06. The molecule has 0 spiro atoms. The Balaban J connectivity index is 2.18. The number of halogens is 4. The molecule has 0 atom stereocenters. The highest BCUT2D eigenvalue weighted by molar-refractivity contribution is 6.42. The van der Waals surface area contributed by atoms with Crippen molar-refractivity contribution in [1.29, 1.82) is 0 Å². The lowest BCUT2D eigenvalue weighted by molar-refractivity contribution is 1.58. The van der Waals surface area contributed by atoms with Crippen LogP contribution < -0.4 is 0 Å². The van der Waals surface area contributed by atoms with Crippen molar-refractivity contribution in [1.82, 2.24) is 0 Å². The Morgan fingerprint density at radius 1 is 0.400 bits per heavy atom. The first-order valence-corrected chi connectivity index (χ1v) is 7.40. The fraction of sp³-hybridized carbons (Fsp3) is 0. The Bertz CT molecular complexity index is 630. The predicted octanol–water partition coefficient (Wildman–Crippen LogP) is 6.95. The second kappa shape index (κ2) is 5.46. The van der Waals surface area contributed by atoms with Gasteiger partial charge in [-0.05, 0) is 46.5 Å². The molecule has 0 amide bonds. The van der Waals surface area contributed by atoms with Crippen LogP contribution in [-0.2, 0) is 0 Å². The molecule has 0 nitrogen and oxygen atoms in total. The highest BCUT2D eigenvalue weighted by Gasteiger charge is 2.08. The van der Waals surface area contributed by atoms with E-state index in [0.29, 0.717) is 20.1 Å². The molecule has 4 heteroatoms. The zero-order valence-electron chi connectivity index (χ0n) is 10.1. The summed E-state index contributed by atoms with van der Waals surface area (Å²) in [6.07, 6.45) is 7.96. The summed E-state index contributed by atoms with van der Waals surface area (Å²) in [5.74, 6) is 0. The van der Waals surface area contributed by atoms with E-state index in [1.807, 2.05) is 48.6 Å². The summed E-state index contributed by atoms with van der Waals surface area (Å²) in [5.41, 5.74) is 4.03. The van der Waals surface area contributed by atoms with Gasteiger partial charge in [0.05, 0.1) is 20.1 Å². The third kappa shape index (κ3) is 2.62. The van der Waals surface area contributed by atoms with Crippen LogP contribution in [0.15, 0.2) is 24.3 Å². The minimum Gasteiger partial charge on any atom is -0.0827 e. The lowest BCUT2D eigenvalue weighted by atomic mass is 9.98. The van der Waals surface area contributed by atoms with Gasteiger partial charge in [-0.1, -0.05) is 70.7 Å². The molecule has 0 bridgehead atoms. The fourth-order valence-corrected chi connectivity index (χ4v) is 2.78. The molecular formula is C16H8Cl4. The van der Waals surface area contributed by atoms with Crippen LogP contribution in [0, 0.1) is 0 Å². The van der Waals surface area contributed by atoms with Gasteiger partial charge in [-0.25, -0.2) is 0 Å². The van der Waals surface area contributed by atoms with Crippen molar-refractivity contribution in [3.05, 3.63) is 66.6 Å². The summed E-state index contributed by atoms with van der Waals surface area (Å²) in [6, 6.07) is 7.40. The van der Waals surface area contributed by atoms with Crippen molar-refractivity contribution in [3.63, 3.8) is 0 Å². The molecule has 0 radical (unpaired) electrons. The third-order valence-electron chi connectivity index (χ3n) is 3.14. The lowest BCUT2D eigenvalue weighted by Gasteiger charge is -2.10. The minimum absolute atomic E-state index is 0.540. The molecular weight excluding hydrogens is 334 g/mol. The van der Waals surface area contributed by atoms with Crippen molar-refractivity contribution >= 4 is 70.7 Å². The standard InChI is InChI=1S/C16H8Cl4/c17-13-5-9-1-2-10-6-14(18)16(20)8-12(10)4-3-11(9)7-15(13)19/h1-8H/b2-1-,4-3-,9-1?,10-2?,11-3?,12-4?. The van der Waals surface area contributed by atoms with Gasteiger partial charge in [0.15, 0.2) is 0 Å². The molecule has 2 aromatic carbocycles. The van der Waals surface area contributed by atoms with E-state index in [0.717, 1.165) is 22.3 Å². The zero-order valence-corrected chi connectivity index (χ0v) is 13.2. The van der Waals surface area contributed by atoms with E-state index in [9.17, 15) is 0 Å². The topological polar surface area (TPSA) is 0 Å². The number of fused-ring (bicyclic) bond motifs is 2. The van der Waals surface area contributed by atoms with Gasteiger partial charge in [-0.15, -0.1) is 0 Å². The summed E-state index contributed by atoms with van der Waals surface area (Å²) in [4.78, 5) is 0. The van der Waals surface area contributed by atoms with Crippen molar-refractivity contribution in [3.8, 4) is 0 Å². The summed E-state index contributed by atoms with van der Waals surface area (Å²) < 4.78 is 0. The lowest BCUT2D eigenvalue weighted by Crippen LogP contribution is -1.88. The van der Waals surface area contributed by atoms with Gasteiger partial charge >= 0.3 is 0 Å². The van der Waals surface area contributed by atoms with Crippen LogP contribution in [0.2, 0.25) is 20.1 Å². The predicted molar refractivity (Wildman–Crippen MR) is 90.8 cm³/mol. The van der Waals surface area contributed by atoms with Crippen molar-refractivity contribution in [2.45, 2.75) is 0 Å². The van der Waals surface area contributed by atoms with E-state index >= 15 is 0 Å². The van der Waals surface area contributed by atoms with Crippen LogP contribution in [0.4, 0.5) is 0 Å². The van der Waals surface area contributed by atoms with E-state index in [-0.39, 0.29) is 0 Å². The van der Waals surface area contributed by atoms with Gasteiger partial charge in [0.1, 0.15) is 0 Å². The van der Waals surface area contributed by atoms with E-state index in [1.54, 1.807) is 0 Å². The Morgan fingerprint density at radius 3 is 0.800 bits per heavy atom. The van der Waals surface area contributed by atoms with E-state index in [4.69, 9.17) is 46.4 Å². The molecule has 2 aromatic rings. The quantitative estimate of drug-likeness (QED) is 0.414. The second-order valence-electron chi connectivity index (χ2n) is 4.46. The first-order valence-electron chi connectivity index (χ1n) is 5.89. The molecule has 100 valence electrons. The highest BCUT2D eigenvalue weighted by Crippen LogP contribution is 2.33. The Kier molecular flexibility index (Phi) is 3.83. The number of hydrogen-bond acceptors (Lipinski definition) is 0. The third-order valence-corrected chi connectivity index (χ3v) is 4.58. The monoisotopic (exact) mass is 340 g/mol. The molecule has 0 heterocycles. The van der Waals surface area contributed by atoms with Crippen molar-refractivity contribution in [2.24, 2.45) is 0 Å². The maximum atomic E-state index is 6.06. The average molecular weight is 342 g/mol. The molecule has 1 aliphatic carbocycles. The van der Waals surface area contributed by atoms with Gasteiger partial charge in [0, 0.05) is 0 Å². The SMILES string of the molecule is Clc1cc2c(cc1Cl)/C=C\c1cc(Cl)c(Cl)cc1/C=C\2. The van der Waals surface area contributed by atoms with E-state index < -0.39 is 0 Å². The first kappa shape index (κ1) is 14.0. The van der Waals surface area contributed by atoms with E-state index in [1.165, 1.54) is 0 Å². The molecule has 0 fully saturated rings. The van der Waals surface area contributed by atoms with Crippen LogP contribution in [0.1, 0.15) is 22.3 Å². The molecule has 0 saturated heterocycles. The Morgan fingerprint density at radius 2 is 0.600 bits per heavy atom. The van der Waals surface area contributed by atoms with Gasteiger partial charge in [-0.2, -0.15) is 0 Å². The second-order valence-corrected chi connectivity index (χ2v) is 6.09. The first-order chi connectivity index (χ1) is 9.54. The molecule has 0 aliphatic heterocycles. The zero-order chi connectivity index (χ0) is 14.3. The summed E-state index contributed by atoms with van der Waals surface area (Å²) in [5, 5.41) is 2.16. The molecule has 3 rings (SSSR count). The largest absolute Gasteiger partial charge is 0.0827 e. The molecule has 0 N–H and O–H groups in total. The fourth-order valence-electron chi connectivity index (χ4n) is 2.09. The summed E-state index contributed by atoms with van der Waals surface area (Å²) in [6.45, 7) is 0. The molecule has 1 aliphatic rings. The van der Waals surface area contributed by atoms with Gasteiger partial charge < -0.3 is 0 Å². The summed E-state index contributed by atoms with van der Waals surface area (Å²) >= 11 is 24.2. The van der Waals surface area contributed by atoms with Crippen LogP contribution >= 0.6 is 46.4 Å². The minimum atomic E-state index is 0.540. The van der Waals surface area contributed by atoms with Crippen LogP contribution in [0.5, 0.6) is 0 Å². The van der Waals surface area contributed by atoms with Crippen LogP contribution in [0.25, 0.3) is 24.3 Å². The maximum Gasteiger partial charge on any atom is 0.0598 e. The number of benzene rings is 2. The Hall–Kier alpha value is -0.920. The molecule has 20 heavy (non-hydrogen) atoms. The average Bonchev–Trinajstić information content (AvgIpc) is 2.40. The van der Waals surface area contributed by atoms with Gasteiger partial charge in [-0.3, -0.25) is 0 Å². The molecule has 0 saturated carbocycles. The van der Waals surface area contributed by atoms with E-state index in [2.05, 4.69) is 0 Å². The van der Waals surface area contributed by atoms with Gasteiger partial charge in [0.2, 0.25) is 0 Å². The Labute approximate surface area is 137 Å². The highest BCUT2D eigenvalue weighted by atomic mass is 35.5.